The summed E-state index contributed by atoms with van der Waals surface area (Å²) in [6, 6.07) is 28.7. The minimum Gasteiger partial charge on any atom is -0.508 e. The highest BCUT2D eigenvalue weighted by Gasteiger charge is 2.15. The van der Waals surface area contributed by atoms with Gasteiger partial charge in [0.15, 0.2) is 0 Å². The van der Waals surface area contributed by atoms with Crippen LogP contribution in [-0.4, -0.2) is 21.0 Å². The van der Waals surface area contributed by atoms with Crippen molar-refractivity contribution in [3.8, 4) is 11.5 Å². The van der Waals surface area contributed by atoms with Crippen molar-refractivity contribution in [3.63, 3.8) is 0 Å². The number of aromatic nitrogens is 1. The zero-order chi connectivity index (χ0) is 22.1. The Morgan fingerprint density at radius 3 is 2.03 bits per heavy atom. The third-order valence-electron chi connectivity index (χ3n) is 5.59. The van der Waals surface area contributed by atoms with Crippen LogP contribution in [0.1, 0.15) is 12.5 Å². The van der Waals surface area contributed by atoms with Crippen LogP contribution in [0.3, 0.4) is 0 Å². The number of hydrazone groups is 1. The highest BCUT2D eigenvalue weighted by Crippen LogP contribution is 2.35. The Kier molecular flexibility index (Phi) is 5.00. The second-order valence-electron chi connectivity index (χ2n) is 7.60. The van der Waals surface area contributed by atoms with Gasteiger partial charge in [0.2, 0.25) is 0 Å². The summed E-state index contributed by atoms with van der Waals surface area (Å²) in [6.07, 6.45) is 1.78. The molecule has 5 heteroatoms. The number of phenols is 2. The molecule has 0 bridgehead atoms. The Morgan fingerprint density at radius 2 is 1.41 bits per heavy atom. The molecule has 0 unspecified atom stereocenters. The summed E-state index contributed by atoms with van der Waals surface area (Å²) in [5.74, 6) is 0.356. The summed E-state index contributed by atoms with van der Waals surface area (Å²) in [5.41, 5.74) is 4.65. The molecule has 0 aliphatic heterocycles. The number of hydrogen-bond acceptors (Lipinski definition) is 4. The van der Waals surface area contributed by atoms with E-state index < -0.39 is 0 Å². The summed E-state index contributed by atoms with van der Waals surface area (Å²) < 4.78 is 2.18. The van der Waals surface area contributed by atoms with E-state index in [1.165, 1.54) is 0 Å². The van der Waals surface area contributed by atoms with Gasteiger partial charge in [0.05, 0.1) is 23.1 Å². The lowest BCUT2D eigenvalue weighted by Crippen LogP contribution is -2.09. The van der Waals surface area contributed by atoms with Crippen LogP contribution in [0, 0.1) is 0 Å². The lowest BCUT2D eigenvalue weighted by atomic mass is 10.1. The van der Waals surface area contributed by atoms with Crippen molar-refractivity contribution in [1.82, 2.24) is 4.57 Å². The molecule has 0 spiro atoms. The quantitative estimate of drug-likeness (QED) is 0.255. The number of aromatic hydroxyl groups is 2. The molecule has 1 aromatic heterocycles. The number of para-hydroxylation sites is 2. The zero-order valence-corrected chi connectivity index (χ0v) is 17.7. The highest BCUT2D eigenvalue weighted by atomic mass is 16.3. The molecule has 0 saturated carbocycles. The molecule has 5 rings (SSSR count). The molecule has 4 aromatic carbocycles. The Bertz CT molecular complexity index is 1380. The monoisotopic (exact) mass is 421 g/mol. The van der Waals surface area contributed by atoms with Gasteiger partial charge in [-0.1, -0.05) is 36.4 Å². The van der Waals surface area contributed by atoms with Gasteiger partial charge in [-0.2, -0.15) is 5.10 Å². The minimum absolute atomic E-state index is 0.156. The van der Waals surface area contributed by atoms with E-state index in [1.54, 1.807) is 30.5 Å². The van der Waals surface area contributed by atoms with Crippen molar-refractivity contribution in [2.45, 2.75) is 13.5 Å². The lowest BCUT2D eigenvalue weighted by Gasteiger charge is -2.19. The Labute approximate surface area is 186 Å². The van der Waals surface area contributed by atoms with E-state index in [9.17, 15) is 10.2 Å². The molecule has 0 fully saturated rings. The molecule has 0 aliphatic rings. The van der Waals surface area contributed by atoms with Crippen molar-refractivity contribution in [3.05, 3.63) is 96.6 Å². The van der Waals surface area contributed by atoms with Crippen LogP contribution in [0.4, 0.5) is 11.4 Å². The molecule has 0 aliphatic carbocycles. The van der Waals surface area contributed by atoms with Gasteiger partial charge in [-0.05, 0) is 61.5 Å². The Balaban J connectivity index is 1.71. The number of hydrogen-bond donors (Lipinski definition) is 2. The first-order valence-corrected chi connectivity index (χ1v) is 10.6. The molecule has 1 heterocycles. The number of rotatable bonds is 5. The van der Waals surface area contributed by atoms with Crippen LogP contribution < -0.4 is 5.01 Å². The number of aryl methyl sites for hydroxylation is 1. The Hall–Kier alpha value is -4.25. The van der Waals surface area contributed by atoms with Crippen LogP contribution in [0.15, 0.2) is 96.1 Å². The van der Waals surface area contributed by atoms with Crippen LogP contribution in [0.5, 0.6) is 11.5 Å². The van der Waals surface area contributed by atoms with Gasteiger partial charge in [0, 0.05) is 28.4 Å². The van der Waals surface area contributed by atoms with Gasteiger partial charge in [-0.25, -0.2) is 5.01 Å². The summed E-state index contributed by atoms with van der Waals surface area (Å²) in [5, 5.41) is 29.0. The zero-order valence-electron chi connectivity index (χ0n) is 17.7. The predicted molar refractivity (Wildman–Crippen MR) is 131 cm³/mol. The van der Waals surface area contributed by atoms with Crippen molar-refractivity contribution < 1.29 is 10.2 Å². The smallest absolute Gasteiger partial charge is 0.117 e. The van der Waals surface area contributed by atoms with Gasteiger partial charge in [0.1, 0.15) is 11.5 Å². The van der Waals surface area contributed by atoms with E-state index in [2.05, 4.69) is 11.5 Å². The summed E-state index contributed by atoms with van der Waals surface area (Å²) in [4.78, 5) is 0. The number of fused-ring (bicyclic) bond motifs is 3. The maximum atomic E-state index is 10.5. The standard InChI is InChI=1S/C27H23N3O2/c1-2-29-26-14-13-22(31)16-24(26)25-17-23(32)15-19(27(25)29)18-28-30(20-9-5-3-6-10-20)21-11-7-4-8-12-21/h3-18,31-32H,2H2,1H3. The average Bonchev–Trinajstić information content (AvgIpc) is 3.13. The van der Waals surface area contributed by atoms with Crippen LogP contribution >= 0.6 is 0 Å². The van der Waals surface area contributed by atoms with Crippen LogP contribution in [0.25, 0.3) is 21.8 Å². The normalized spacial score (nSPS) is 11.5. The van der Waals surface area contributed by atoms with E-state index in [4.69, 9.17) is 5.10 Å². The summed E-state index contributed by atoms with van der Waals surface area (Å²) >= 11 is 0. The van der Waals surface area contributed by atoms with Gasteiger partial charge >= 0.3 is 0 Å². The molecular formula is C27H23N3O2. The first-order valence-electron chi connectivity index (χ1n) is 10.6. The maximum Gasteiger partial charge on any atom is 0.117 e. The van der Waals surface area contributed by atoms with Gasteiger partial charge in [0.25, 0.3) is 0 Å². The van der Waals surface area contributed by atoms with Crippen LogP contribution in [0.2, 0.25) is 0 Å². The van der Waals surface area contributed by atoms with Gasteiger partial charge < -0.3 is 14.8 Å². The lowest BCUT2D eigenvalue weighted by molar-refractivity contribution is 0.475. The number of nitrogens with zero attached hydrogens (tertiary/aromatic N) is 3. The molecule has 0 saturated heterocycles. The number of phenolic OH excluding ortho intramolecular Hbond substituents is 2. The largest absolute Gasteiger partial charge is 0.508 e. The van der Waals surface area contributed by atoms with Crippen LogP contribution in [-0.2, 0) is 6.54 Å². The molecule has 0 amide bonds. The fourth-order valence-electron chi connectivity index (χ4n) is 4.21. The summed E-state index contributed by atoms with van der Waals surface area (Å²) in [7, 11) is 0. The molecule has 0 atom stereocenters. The van der Waals surface area contributed by atoms with Gasteiger partial charge in [-0.3, -0.25) is 0 Å². The topological polar surface area (TPSA) is 61.0 Å². The number of anilines is 2. The molecule has 0 radical (unpaired) electrons. The van der Waals surface area contributed by atoms with Crippen molar-refractivity contribution in [2.75, 3.05) is 5.01 Å². The minimum atomic E-state index is 0.156. The summed E-state index contributed by atoms with van der Waals surface area (Å²) in [6.45, 7) is 2.83. The number of benzene rings is 4. The maximum absolute atomic E-state index is 10.5. The third-order valence-corrected chi connectivity index (χ3v) is 5.59. The first kappa shape index (κ1) is 19.7. The highest BCUT2D eigenvalue weighted by molar-refractivity contribution is 6.14. The molecule has 158 valence electrons. The second kappa shape index (κ2) is 8.12. The molecule has 5 nitrogen and oxygen atoms in total. The van der Waals surface area contributed by atoms with E-state index in [1.807, 2.05) is 71.7 Å². The van der Waals surface area contributed by atoms with E-state index in [-0.39, 0.29) is 11.5 Å². The van der Waals surface area contributed by atoms with Crippen molar-refractivity contribution in [2.24, 2.45) is 5.10 Å². The molecule has 32 heavy (non-hydrogen) atoms. The van der Waals surface area contributed by atoms with Crippen molar-refractivity contribution >= 4 is 39.4 Å². The molecule has 5 aromatic rings. The fraction of sp³-hybridized carbons (Fsp3) is 0.0741. The molecule has 2 N–H and O–H groups in total. The average molecular weight is 422 g/mol. The predicted octanol–water partition coefficient (Wildman–Crippen LogP) is 6.40. The van der Waals surface area contributed by atoms with Crippen molar-refractivity contribution in [1.29, 1.82) is 0 Å². The fourth-order valence-corrected chi connectivity index (χ4v) is 4.21. The second-order valence-corrected chi connectivity index (χ2v) is 7.60. The molecular weight excluding hydrogens is 398 g/mol. The first-order chi connectivity index (χ1) is 15.7. The van der Waals surface area contributed by atoms with E-state index >= 15 is 0 Å². The third kappa shape index (κ3) is 3.44. The SMILES string of the molecule is CCn1c2ccc(O)cc2c2cc(O)cc(C=NN(c3ccccc3)c3ccccc3)c21. The van der Waals surface area contributed by atoms with E-state index in [0.717, 1.165) is 45.3 Å². The van der Waals surface area contributed by atoms with E-state index in [0.29, 0.717) is 0 Å². The Morgan fingerprint density at radius 1 is 0.781 bits per heavy atom. The van der Waals surface area contributed by atoms with Gasteiger partial charge in [-0.15, -0.1) is 0 Å².